The molecule has 0 aliphatic carbocycles. The van der Waals surface area contributed by atoms with Crippen LogP contribution in [-0.2, 0) is 0 Å². The van der Waals surface area contributed by atoms with Gasteiger partial charge in [-0.25, -0.2) is 0 Å². The highest BCUT2D eigenvalue weighted by Gasteiger charge is 1.72. The van der Waals surface area contributed by atoms with Crippen molar-refractivity contribution in [1.82, 2.24) is 10.9 Å². The highest BCUT2D eigenvalue weighted by atomic mass is 15.3. The van der Waals surface area contributed by atoms with Gasteiger partial charge >= 0.3 is 0 Å². The van der Waals surface area contributed by atoms with Gasteiger partial charge in [0, 0.05) is 5.69 Å². The van der Waals surface area contributed by atoms with Gasteiger partial charge in [0.15, 0.2) is 0 Å². The van der Waals surface area contributed by atoms with E-state index in [4.69, 9.17) is 5.73 Å². The third-order valence-electron chi connectivity index (χ3n) is 1.99. The van der Waals surface area contributed by atoms with Crippen LogP contribution < -0.4 is 16.6 Å². The van der Waals surface area contributed by atoms with Gasteiger partial charge in [0.2, 0.25) is 0 Å². The van der Waals surface area contributed by atoms with E-state index in [1.165, 1.54) is 5.56 Å². The molecule has 3 nitrogen and oxygen atoms in total. The molecule has 0 bridgehead atoms. The SMILES string of the molecule is CNNC.Cc1ccccc1.Nc1ccccc1. The van der Waals surface area contributed by atoms with E-state index in [9.17, 15) is 0 Å². The van der Waals surface area contributed by atoms with Gasteiger partial charge in [0.05, 0.1) is 0 Å². The van der Waals surface area contributed by atoms with Gasteiger partial charge in [0.25, 0.3) is 0 Å². The molecular weight excluding hydrogens is 222 g/mol. The minimum atomic E-state index is 0.822. The fourth-order valence-corrected chi connectivity index (χ4v) is 0.987. The zero-order valence-corrected chi connectivity index (χ0v) is 11.4. The monoisotopic (exact) mass is 245 g/mol. The molecule has 0 radical (unpaired) electrons. The number of para-hydroxylation sites is 1. The number of anilines is 1. The number of nitrogen functional groups attached to an aromatic ring is 1. The van der Waals surface area contributed by atoms with Crippen molar-refractivity contribution >= 4 is 5.69 Å². The number of aryl methyl sites for hydroxylation is 1. The Kier molecular flexibility index (Phi) is 10.4. The van der Waals surface area contributed by atoms with Crippen molar-refractivity contribution in [2.24, 2.45) is 0 Å². The van der Waals surface area contributed by atoms with E-state index in [2.05, 4.69) is 29.9 Å². The van der Waals surface area contributed by atoms with Crippen molar-refractivity contribution in [2.75, 3.05) is 19.8 Å². The molecule has 0 unspecified atom stereocenters. The van der Waals surface area contributed by atoms with Gasteiger partial charge in [-0.05, 0) is 33.2 Å². The number of nitrogens with one attached hydrogen (secondary N) is 2. The van der Waals surface area contributed by atoms with E-state index < -0.39 is 0 Å². The molecule has 2 aromatic carbocycles. The molecule has 0 fully saturated rings. The van der Waals surface area contributed by atoms with E-state index >= 15 is 0 Å². The first kappa shape index (κ1) is 16.2. The minimum Gasteiger partial charge on any atom is -0.399 e. The maximum absolute atomic E-state index is 5.36. The number of hydrogen-bond acceptors (Lipinski definition) is 3. The molecule has 0 atom stereocenters. The summed E-state index contributed by atoms with van der Waals surface area (Å²) in [6.07, 6.45) is 0. The third-order valence-corrected chi connectivity index (χ3v) is 1.99. The molecule has 0 heterocycles. The average Bonchev–Trinajstić information content (AvgIpc) is 2.41. The van der Waals surface area contributed by atoms with Crippen LogP contribution in [0.3, 0.4) is 0 Å². The van der Waals surface area contributed by atoms with Gasteiger partial charge in [-0.15, -0.1) is 0 Å². The fraction of sp³-hybridized carbons (Fsp3) is 0.200. The quantitative estimate of drug-likeness (QED) is 0.534. The van der Waals surface area contributed by atoms with Crippen molar-refractivity contribution in [3.05, 3.63) is 66.2 Å². The molecule has 0 saturated carbocycles. The van der Waals surface area contributed by atoms with E-state index in [1.807, 2.05) is 62.6 Å². The summed E-state index contributed by atoms with van der Waals surface area (Å²) in [5, 5.41) is 0. The predicted molar refractivity (Wildman–Crippen MR) is 80.2 cm³/mol. The van der Waals surface area contributed by atoms with Crippen LogP contribution in [0.5, 0.6) is 0 Å². The first-order valence-electron chi connectivity index (χ1n) is 5.86. The van der Waals surface area contributed by atoms with Crippen LogP contribution in [0.1, 0.15) is 5.56 Å². The van der Waals surface area contributed by atoms with Gasteiger partial charge in [0.1, 0.15) is 0 Å². The summed E-state index contributed by atoms with van der Waals surface area (Å²) in [5.74, 6) is 0. The zero-order valence-electron chi connectivity index (χ0n) is 11.4. The number of benzene rings is 2. The largest absolute Gasteiger partial charge is 0.399 e. The molecule has 2 rings (SSSR count). The summed E-state index contributed by atoms with van der Waals surface area (Å²) in [6, 6.07) is 19.7. The van der Waals surface area contributed by atoms with Crippen molar-refractivity contribution < 1.29 is 0 Å². The van der Waals surface area contributed by atoms with Crippen LogP contribution in [0, 0.1) is 6.92 Å². The van der Waals surface area contributed by atoms with Crippen LogP contribution in [0.15, 0.2) is 60.7 Å². The third kappa shape index (κ3) is 10.7. The molecule has 0 aliphatic heterocycles. The van der Waals surface area contributed by atoms with E-state index in [1.54, 1.807) is 0 Å². The summed E-state index contributed by atoms with van der Waals surface area (Å²) in [4.78, 5) is 0. The molecule has 3 heteroatoms. The number of nitrogens with two attached hydrogens (primary N) is 1. The number of hydrogen-bond donors (Lipinski definition) is 3. The molecule has 0 aromatic heterocycles. The number of rotatable bonds is 1. The van der Waals surface area contributed by atoms with E-state index in [0.29, 0.717) is 0 Å². The topological polar surface area (TPSA) is 50.1 Å². The highest BCUT2D eigenvalue weighted by Crippen LogP contribution is 1.95. The Morgan fingerprint density at radius 1 is 0.722 bits per heavy atom. The highest BCUT2D eigenvalue weighted by molar-refractivity contribution is 5.35. The summed E-state index contributed by atoms with van der Waals surface area (Å²) in [6.45, 7) is 2.08. The molecule has 0 saturated heterocycles. The predicted octanol–water partition coefficient (Wildman–Crippen LogP) is 2.60. The van der Waals surface area contributed by atoms with E-state index in [0.717, 1.165) is 5.69 Å². The molecule has 4 N–H and O–H groups in total. The smallest absolute Gasteiger partial charge is 0.0313 e. The molecule has 98 valence electrons. The Morgan fingerprint density at radius 2 is 1.11 bits per heavy atom. The van der Waals surface area contributed by atoms with Crippen molar-refractivity contribution in [1.29, 1.82) is 0 Å². The minimum absolute atomic E-state index is 0.822. The Labute approximate surface area is 110 Å². The Morgan fingerprint density at radius 3 is 1.28 bits per heavy atom. The van der Waals surface area contributed by atoms with Crippen LogP contribution >= 0.6 is 0 Å². The lowest BCUT2D eigenvalue weighted by Crippen LogP contribution is -2.21. The first-order valence-corrected chi connectivity index (χ1v) is 5.86. The van der Waals surface area contributed by atoms with Gasteiger partial charge in [-0.1, -0.05) is 54.1 Å². The van der Waals surface area contributed by atoms with Gasteiger partial charge < -0.3 is 5.73 Å². The lowest BCUT2D eigenvalue weighted by Gasteiger charge is -1.83. The second-order valence-corrected chi connectivity index (χ2v) is 3.57. The second-order valence-electron chi connectivity index (χ2n) is 3.57. The lowest BCUT2D eigenvalue weighted by molar-refractivity contribution is 0.689. The Bertz CT molecular complexity index is 334. The van der Waals surface area contributed by atoms with Crippen molar-refractivity contribution in [2.45, 2.75) is 6.92 Å². The molecule has 0 amide bonds. The maximum Gasteiger partial charge on any atom is 0.0313 e. The zero-order chi connectivity index (χ0) is 13.6. The molecule has 0 aliphatic rings. The van der Waals surface area contributed by atoms with Crippen LogP contribution in [0.2, 0.25) is 0 Å². The molecular formula is C15H23N3. The summed E-state index contributed by atoms with van der Waals surface area (Å²) < 4.78 is 0. The normalized spacial score (nSPS) is 8.39. The van der Waals surface area contributed by atoms with Crippen molar-refractivity contribution in [3.8, 4) is 0 Å². The fourth-order valence-electron chi connectivity index (χ4n) is 0.987. The van der Waals surface area contributed by atoms with E-state index in [-0.39, 0.29) is 0 Å². The van der Waals surface area contributed by atoms with Crippen LogP contribution in [0.4, 0.5) is 5.69 Å². The van der Waals surface area contributed by atoms with Crippen LogP contribution in [0.25, 0.3) is 0 Å². The lowest BCUT2D eigenvalue weighted by atomic mass is 10.2. The van der Waals surface area contributed by atoms with Gasteiger partial charge in [-0.3, -0.25) is 10.9 Å². The average molecular weight is 245 g/mol. The van der Waals surface area contributed by atoms with Gasteiger partial charge in [-0.2, -0.15) is 0 Å². The summed E-state index contributed by atoms with van der Waals surface area (Å²) in [7, 11) is 3.64. The Balaban J connectivity index is 0.000000253. The maximum atomic E-state index is 5.36. The summed E-state index contributed by atoms with van der Waals surface area (Å²) in [5.41, 5.74) is 12.9. The first-order chi connectivity index (χ1) is 8.70. The second kappa shape index (κ2) is 11.6. The number of hydrazine groups is 1. The standard InChI is InChI=1S/C7H8.C6H7N.C2H8N2/c1-7-5-3-2-4-6-7;7-6-4-2-1-3-5-6;1-3-4-2/h2-6H,1H3;1-5H,7H2;3-4H,1-2H3. The summed E-state index contributed by atoms with van der Waals surface area (Å²) >= 11 is 0. The Hall–Kier alpha value is -1.84. The molecule has 0 spiro atoms. The van der Waals surface area contributed by atoms with Crippen LogP contribution in [-0.4, -0.2) is 14.1 Å². The molecule has 2 aromatic rings. The molecule has 18 heavy (non-hydrogen) atoms. The van der Waals surface area contributed by atoms with Crippen molar-refractivity contribution in [3.63, 3.8) is 0 Å².